The first-order valence-electron chi connectivity index (χ1n) is 7.23. The van der Waals surface area contributed by atoms with Crippen LogP contribution in [0.5, 0.6) is 0 Å². The van der Waals surface area contributed by atoms with Gasteiger partial charge >= 0.3 is 12.0 Å². The van der Waals surface area contributed by atoms with Crippen LogP contribution in [-0.4, -0.2) is 54.4 Å². The summed E-state index contributed by atoms with van der Waals surface area (Å²) in [5, 5.41) is 11.9. The number of nitrogens with zero attached hydrogens (tertiary/aromatic N) is 1. The Hall–Kier alpha value is -1.30. The van der Waals surface area contributed by atoms with Crippen LogP contribution in [0.3, 0.4) is 0 Å². The topological polar surface area (TPSA) is 78.9 Å². The van der Waals surface area contributed by atoms with E-state index in [-0.39, 0.29) is 6.03 Å². The molecule has 1 unspecified atom stereocenters. The second-order valence-electron chi connectivity index (χ2n) is 5.75. The van der Waals surface area contributed by atoms with Gasteiger partial charge in [0.2, 0.25) is 0 Å². The van der Waals surface area contributed by atoms with Crippen LogP contribution in [0.25, 0.3) is 0 Å². The van der Waals surface area contributed by atoms with E-state index in [4.69, 9.17) is 4.74 Å². The third kappa shape index (κ3) is 4.67. The number of carbonyl (C=O) groups is 2. The molecular formula is C14H26N2O4. The largest absolute Gasteiger partial charge is 0.480 e. The highest BCUT2D eigenvalue weighted by Gasteiger charge is 2.35. The first-order valence-corrected chi connectivity index (χ1v) is 7.23. The third-order valence-electron chi connectivity index (χ3n) is 3.82. The van der Waals surface area contributed by atoms with Gasteiger partial charge in [0.15, 0.2) is 0 Å². The van der Waals surface area contributed by atoms with Crippen molar-refractivity contribution in [1.82, 2.24) is 10.2 Å². The Bertz CT molecular complexity index is 342. The zero-order chi connectivity index (χ0) is 15.2. The molecule has 0 aromatic carbocycles. The fourth-order valence-corrected chi connectivity index (χ4v) is 2.45. The van der Waals surface area contributed by atoms with E-state index in [0.717, 1.165) is 26.1 Å². The molecule has 116 valence electrons. The van der Waals surface area contributed by atoms with Gasteiger partial charge in [-0.05, 0) is 32.1 Å². The molecule has 1 saturated heterocycles. The molecule has 6 nitrogen and oxygen atoms in total. The van der Waals surface area contributed by atoms with Crippen molar-refractivity contribution < 1.29 is 19.4 Å². The van der Waals surface area contributed by atoms with Crippen LogP contribution in [0.15, 0.2) is 0 Å². The molecule has 6 heteroatoms. The monoisotopic (exact) mass is 286 g/mol. The van der Waals surface area contributed by atoms with E-state index < -0.39 is 11.5 Å². The van der Waals surface area contributed by atoms with Crippen molar-refractivity contribution >= 4 is 12.0 Å². The maximum Gasteiger partial charge on any atom is 0.329 e. The van der Waals surface area contributed by atoms with Crippen molar-refractivity contribution in [2.24, 2.45) is 5.92 Å². The Balaban J connectivity index is 2.52. The van der Waals surface area contributed by atoms with Gasteiger partial charge in [-0.15, -0.1) is 0 Å². The van der Waals surface area contributed by atoms with Gasteiger partial charge in [-0.2, -0.15) is 0 Å². The van der Waals surface area contributed by atoms with E-state index in [9.17, 15) is 14.7 Å². The third-order valence-corrected chi connectivity index (χ3v) is 3.82. The van der Waals surface area contributed by atoms with Crippen LogP contribution >= 0.6 is 0 Å². The lowest BCUT2D eigenvalue weighted by atomic mass is 9.96. The molecule has 0 spiro atoms. The van der Waals surface area contributed by atoms with Crippen molar-refractivity contribution in [2.45, 2.75) is 45.1 Å². The van der Waals surface area contributed by atoms with Crippen LogP contribution < -0.4 is 5.32 Å². The number of ether oxygens (including phenoxy) is 1. The van der Waals surface area contributed by atoms with Crippen LogP contribution in [0.2, 0.25) is 0 Å². The molecule has 1 aliphatic heterocycles. The highest BCUT2D eigenvalue weighted by atomic mass is 16.5. The van der Waals surface area contributed by atoms with Gasteiger partial charge in [0.05, 0.1) is 0 Å². The molecule has 1 heterocycles. The van der Waals surface area contributed by atoms with Gasteiger partial charge in [0.25, 0.3) is 0 Å². The number of carboxylic acids is 1. The summed E-state index contributed by atoms with van der Waals surface area (Å²) in [6.45, 7) is 5.57. The summed E-state index contributed by atoms with van der Waals surface area (Å²) in [5.74, 6) is -0.561. The van der Waals surface area contributed by atoms with Crippen LogP contribution in [0, 0.1) is 5.92 Å². The summed E-state index contributed by atoms with van der Waals surface area (Å²) >= 11 is 0. The van der Waals surface area contributed by atoms with E-state index >= 15 is 0 Å². The Labute approximate surface area is 120 Å². The van der Waals surface area contributed by atoms with Gasteiger partial charge < -0.3 is 20.1 Å². The molecule has 2 N–H and O–H groups in total. The SMILES string of the molecule is CCCC(C)(NC(=O)N(C)CC1CCOCC1)C(=O)O. The van der Waals surface area contributed by atoms with Crippen LogP contribution in [0.4, 0.5) is 4.79 Å². The number of carboxylic acid groups (broad SMARTS) is 1. The molecule has 0 aliphatic carbocycles. The fourth-order valence-electron chi connectivity index (χ4n) is 2.45. The van der Waals surface area contributed by atoms with E-state index in [1.54, 1.807) is 18.9 Å². The molecule has 1 aliphatic rings. The molecule has 0 radical (unpaired) electrons. The van der Waals surface area contributed by atoms with Gasteiger partial charge in [-0.1, -0.05) is 13.3 Å². The number of amides is 2. The average Bonchev–Trinajstić information content (AvgIpc) is 2.39. The molecule has 0 aromatic heterocycles. The Morgan fingerprint density at radius 2 is 2.00 bits per heavy atom. The number of rotatable bonds is 6. The summed E-state index contributed by atoms with van der Waals surface area (Å²) in [7, 11) is 1.71. The number of hydrogen-bond acceptors (Lipinski definition) is 3. The van der Waals surface area contributed by atoms with E-state index in [1.807, 2.05) is 6.92 Å². The second kappa shape index (κ2) is 7.47. The van der Waals surface area contributed by atoms with E-state index in [2.05, 4.69) is 5.32 Å². The van der Waals surface area contributed by atoms with E-state index in [1.165, 1.54) is 0 Å². The average molecular weight is 286 g/mol. The van der Waals surface area contributed by atoms with Crippen LogP contribution in [0.1, 0.15) is 39.5 Å². The number of nitrogens with one attached hydrogen (secondary N) is 1. The summed E-state index contributed by atoms with van der Waals surface area (Å²) in [5.41, 5.74) is -1.20. The number of aliphatic carboxylic acids is 1. The molecule has 1 atom stereocenters. The molecule has 20 heavy (non-hydrogen) atoms. The number of carbonyl (C=O) groups excluding carboxylic acids is 1. The van der Waals surface area contributed by atoms with Crippen LogP contribution in [-0.2, 0) is 9.53 Å². The lowest BCUT2D eigenvalue weighted by Crippen LogP contribution is -2.56. The molecule has 1 fully saturated rings. The van der Waals surface area contributed by atoms with Crippen molar-refractivity contribution in [3.05, 3.63) is 0 Å². The Kier molecular flexibility index (Phi) is 6.26. The molecule has 1 rings (SSSR count). The molecule has 0 aromatic rings. The Morgan fingerprint density at radius 1 is 1.40 bits per heavy atom. The zero-order valence-electron chi connectivity index (χ0n) is 12.6. The van der Waals surface area contributed by atoms with Gasteiger partial charge in [0.1, 0.15) is 5.54 Å². The fraction of sp³-hybridized carbons (Fsp3) is 0.857. The predicted molar refractivity (Wildman–Crippen MR) is 75.7 cm³/mol. The van der Waals surface area contributed by atoms with Gasteiger partial charge in [-0.3, -0.25) is 0 Å². The highest BCUT2D eigenvalue weighted by Crippen LogP contribution is 2.17. The smallest absolute Gasteiger partial charge is 0.329 e. The molecule has 0 saturated carbocycles. The zero-order valence-corrected chi connectivity index (χ0v) is 12.6. The standard InChI is InChI=1S/C14H26N2O4/c1-4-7-14(2,12(17)18)15-13(19)16(3)10-11-5-8-20-9-6-11/h11H,4-10H2,1-3H3,(H,15,19)(H,17,18). The lowest BCUT2D eigenvalue weighted by molar-refractivity contribution is -0.144. The normalized spacial score (nSPS) is 19.1. The summed E-state index contributed by atoms with van der Waals surface area (Å²) < 4.78 is 5.29. The summed E-state index contributed by atoms with van der Waals surface area (Å²) in [6.07, 6.45) is 3.01. The molecular weight excluding hydrogens is 260 g/mol. The predicted octanol–water partition coefficient (Wildman–Crippen LogP) is 1.70. The molecule has 2 amide bonds. The summed E-state index contributed by atoms with van der Waals surface area (Å²) in [6, 6.07) is -0.324. The van der Waals surface area contributed by atoms with Crippen molar-refractivity contribution in [2.75, 3.05) is 26.8 Å². The van der Waals surface area contributed by atoms with Crippen molar-refractivity contribution in [3.63, 3.8) is 0 Å². The second-order valence-corrected chi connectivity index (χ2v) is 5.75. The van der Waals surface area contributed by atoms with Crippen molar-refractivity contribution in [1.29, 1.82) is 0 Å². The molecule has 0 bridgehead atoms. The Morgan fingerprint density at radius 3 is 2.50 bits per heavy atom. The maximum atomic E-state index is 12.1. The minimum atomic E-state index is -1.20. The van der Waals surface area contributed by atoms with Crippen molar-refractivity contribution in [3.8, 4) is 0 Å². The minimum absolute atomic E-state index is 0.324. The quantitative estimate of drug-likeness (QED) is 0.779. The first-order chi connectivity index (χ1) is 9.39. The highest BCUT2D eigenvalue weighted by molar-refractivity contribution is 5.85. The van der Waals surface area contributed by atoms with Gasteiger partial charge in [-0.25, -0.2) is 9.59 Å². The van der Waals surface area contributed by atoms with Gasteiger partial charge in [0, 0.05) is 26.8 Å². The number of urea groups is 1. The summed E-state index contributed by atoms with van der Waals surface area (Å²) in [4.78, 5) is 25.0. The first kappa shape index (κ1) is 16.8. The number of hydrogen-bond donors (Lipinski definition) is 2. The van der Waals surface area contributed by atoms with E-state index in [0.29, 0.717) is 25.3 Å². The maximum absolute atomic E-state index is 12.1. The lowest BCUT2D eigenvalue weighted by Gasteiger charge is -2.31. The minimum Gasteiger partial charge on any atom is -0.480 e.